The van der Waals surface area contributed by atoms with Crippen LogP contribution in [-0.2, 0) is 19.7 Å². The van der Waals surface area contributed by atoms with E-state index in [0.29, 0.717) is 0 Å². The minimum atomic E-state index is -3.73. The van der Waals surface area contributed by atoms with Crippen LogP contribution < -0.4 is 9.64 Å². The number of fused-ring (bicyclic) bond motifs is 1. The van der Waals surface area contributed by atoms with Crippen molar-refractivity contribution >= 4 is 42.9 Å². The molecule has 0 fully saturated rings. The lowest BCUT2D eigenvalue weighted by Crippen LogP contribution is -2.30. The highest BCUT2D eigenvalue weighted by Gasteiger charge is 2.36. The van der Waals surface area contributed by atoms with Gasteiger partial charge in [0.25, 0.3) is 5.91 Å². The number of hydrogen-bond acceptors (Lipinski definition) is 6. The van der Waals surface area contributed by atoms with Crippen molar-refractivity contribution in [2.24, 2.45) is 0 Å². The molecule has 26 heavy (non-hydrogen) atoms. The minimum Gasteiger partial charge on any atom is -0.494 e. The van der Waals surface area contributed by atoms with Gasteiger partial charge in [-0.15, -0.1) is 0 Å². The average molecular weight is 416 g/mol. The Morgan fingerprint density at radius 3 is 2.50 bits per heavy atom. The van der Waals surface area contributed by atoms with Crippen molar-refractivity contribution < 1.29 is 26.4 Å². The molecule has 2 aromatic rings. The fourth-order valence-electron chi connectivity index (χ4n) is 2.74. The normalized spacial score (nSPS) is 15.6. The zero-order chi connectivity index (χ0) is 19.3. The lowest BCUT2D eigenvalue weighted by Gasteiger charge is -2.17. The van der Waals surface area contributed by atoms with Gasteiger partial charge in [0.2, 0.25) is 0 Å². The third-order valence-corrected chi connectivity index (χ3v) is 6.89. The predicted octanol–water partition coefficient (Wildman–Crippen LogP) is 2.14. The van der Waals surface area contributed by atoms with Gasteiger partial charge in [-0.2, -0.15) is 0 Å². The van der Waals surface area contributed by atoms with Crippen molar-refractivity contribution in [3.05, 3.63) is 47.0 Å². The van der Waals surface area contributed by atoms with E-state index in [2.05, 4.69) is 0 Å². The number of nitrogens with zero attached hydrogens (tertiary/aromatic N) is 1. The molecule has 138 valence electrons. The quantitative estimate of drug-likeness (QED) is 0.761. The number of amides is 1. The number of methoxy groups -OCH3 is 1. The number of anilines is 1. The predicted molar refractivity (Wildman–Crippen MR) is 96.4 cm³/mol. The molecule has 0 aromatic heterocycles. The van der Waals surface area contributed by atoms with Crippen molar-refractivity contribution in [3.63, 3.8) is 0 Å². The topological polar surface area (TPSA) is 97.8 Å². The molecule has 0 aliphatic carbocycles. The lowest BCUT2D eigenvalue weighted by molar-refractivity contribution is 0.0991. The number of ether oxygens (including phenoxy) is 1. The molecule has 0 saturated carbocycles. The van der Waals surface area contributed by atoms with Crippen LogP contribution in [0, 0.1) is 0 Å². The lowest BCUT2D eigenvalue weighted by atomic mass is 10.1. The Kier molecular flexibility index (Phi) is 4.50. The van der Waals surface area contributed by atoms with Crippen LogP contribution in [0.5, 0.6) is 5.75 Å². The molecular formula is C16H14ClNO6S2. The standard InChI is InChI=1S/C16H14ClNO6S2/c1-24-15-11(17)7-10(8-14(15)25(2,20)21)16(19)18-9-26(22,23)13-6-4-3-5-12(13)18/h3-8H,9H2,1-2H3. The molecule has 0 radical (unpaired) electrons. The summed E-state index contributed by atoms with van der Waals surface area (Å²) in [5.74, 6) is -1.27. The number of halogens is 1. The van der Waals surface area contributed by atoms with E-state index in [1.165, 1.54) is 25.3 Å². The fraction of sp³-hybridized carbons (Fsp3) is 0.188. The largest absolute Gasteiger partial charge is 0.494 e. The number of para-hydroxylation sites is 1. The van der Waals surface area contributed by atoms with Crippen LogP contribution in [0.3, 0.4) is 0 Å². The van der Waals surface area contributed by atoms with Gasteiger partial charge in [-0.25, -0.2) is 16.8 Å². The molecular weight excluding hydrogens is 402 g/mol. The summed E-state index contributed by atoms with van der Waals surface area (Å²) in [7, 11) is -6.10. The van der Waals surface area contributed by atoms with Crippen LogP contribution in [0.2, 0.25) is 5.02 Å². The summed E-state index contributed by atoms with van der Waals surface area (Å²) in [6.07, 6.45) is 0.963. The van der Waals surface area contributed by atoms with Gasteiger partial charge >= 0.3 is 0 Å². The molecule has 0 unspecified atom stereocenters. The minimum absolute atomic E-state index is 0.0521. The van der Waals surface area contributed by atoms with Crippen LogP contribution in [0.1, 0.15) is 10.4 Å². The molecule has 3 rings (SSSR count). The van der Waals surface area contributed by atoms with Crippen LogP contribution in [0.15, 0.2) is 46.2 Å². The van der Waals surface area contributed by atoms with E-state index in [-0.39, 0.29) is 31.8 Å². The van der Waals surface area contributed by atoms with Crippen LogP contribution in [-0.4, -0.2) is 42.0 Å². The number of sulfone groups is 2. The third-order valence-electron chi connectivity index (χ3n) is 3.90. The molecule has 2 aromatic carbocycles. The molecule has 1 heterocycles. The molecule has 1 aliphatic rings. The summed E-state index contributed by atoms with van der Waals surface area (Å²) < 4.78 is 53.5. The smallest absolute Gasteiger partial charge is 0.259 e. The first-order chi connectivity index (χ1) is 12.1. The number of carbonyl (C=O) groups excluding carboxylic acids is 1. The number of hydrogen-bond donors (Lipinski definition) is 0. The number of carbonyl (C=O) groups is 1. The Morgan fingerprint density at radius 2 is 1.88 bits per heavy atom. The summed E-state index contributed by atoms with van der Waals surface area (Å²) in [4.78, 5) is 13.8. The van der Waals surface area contributed by atoms with Gasteiger partial charge in [-0.1, -0.05) is 23.7 Å². The number of benzene rings is 2. The zero-order valence-electron chi connectivity index (χ0n) is 13.8. The van der Waals surface area contributed by atoms with E-state index in [1.54, 1.807) is 12.1 Å². The first-order valence-electron chi connectivity index (χ1n) is 7.27. The fourth-order valence-corrected chi connectivity index (χ4v) is 5.48. The maximum Gasteiger partial charge on any atom is 0.259 e. The van der Waals surface area contributed by atoms with Crippen molar-refractivity contribution in [2.45, 2.75) is 9.79 Å². The molecule has 1 aliphatic heterocycles. The molecule has 0 bridgehead atoms. The van der Waals surface area contributed by atoms with E-state index < -0.39 is 31.5 Å². The Morgan fingerprint density at radius 1 is 1.23 bits per heavy atom. The van der Waals surface area contributed by atoms with E-state index in [9.17, 15) is 21.6 Å². The van der Waals surface area contributed by atoms with Crippen molar-refractivity contribution in [1.29, 1.82) is 0 Å². The third kappa shape index (κ3) is 3.06. The molecule has 0 atom stereocenters. The van der Waals surface area contributed by atoms with Crippen molar-refractivity contribution in [3.8, 4) is 5.75 Å². The van der Waals surface area contributed by atoms with Crippen LogP contribution >= 0.6 is 11.6 Å². The second-order valence-corrected chi connectivity index (χ2v) is 10.0. The van der Waals surface area contributed by atoms with E-state index in [4.69, 9.17) is 16.3 Å². The first kappa shape index (κ1) is 18.7. The summed E-state index contributed by atoms with van der Waals surface area (Å²) in [5.41, 5.74) is 0.188. The molecule has 10 heteroatoms. The molecule has 0 saturated heterocycles. The monoisotopic (exact) mass is 415 g/mol. The Balaban J connectivity index is 2.15. The first-order valence-corrected chi connectivity index (χ1v) is 11.2. The summed E-state index contributed by atoms with van der Waals surface area (Å²) in [6, 6.07) is 8.50. The SMILES string of the molecule is COc1c(Cl)cc(C(=O)N2CS(=O)(=O)c3ccccc32)cc1S(C)(=O)=O. The summed E-state index contributed by atoms with van der Waals surface area (Å²) in [6.45, 7) is 0. The van der Waals surface area contributed by atoms with Gasteiger partial charge in [0.1, 0.15) is 10.8 Å². The number of rotatable bonds is 3. The Hall–Kier alpha value is -2.10. The second-order valence-electron chi connectivity index (χ2n) is 5.71. The highest BCUT2D eigenvalue weighted by Crippen LogP contribution is 2.37. The average Bonchev–Trinajstić information content (AvgIpc) is 2.84. The maximum atomic E-state index is 12.9. The van der Waals surface area contributed by atoms with Gasteiger partial charge in [-0.3, -0.25) is 9.69 Å². The van der Waals surface area contributed by atoms with E-state index in [1.807, 2.05) is 0 Å². The maximum absolute atomic E-state index is 12.9. The van der Waals surface area contributed by atoms with Crippen molar-refractivity contribution in [2.75, 3.05) is 24.1 Å². The summed E-state index contributed by atoms with van der Waals surface area (Å²) in [5, 5.41) is -0.0610. The Labute approximate surface area is 156 Å². The molecule has 0 N–H and O–H groups in total. The van der Waals surface area contributed by atoms with Crippen molar-refractivity contribution in [1.82, 2.24) is 0 Å². The van der Waals surface area contributed by atoms with Crippen LogP contribution in [0.25, 0.3) is 0 Å². The van der Waals surface area contributed by atoms with Gasteiger partial charge < -0.3 is 4.74 Å². The van der Waals surface area contributed by atoms with Gasteiger partial charge in [-0.05, 0) is 24.3 Å². The van der Waals surface area contributed by atoms with E-state index >= 15 is 0 Å². The molecule has 0 spiro atoms. The highest BCUT2D eigenvalue weighted by atomic mass is 35.5. The second kappa shape index (κ2) is 6.26. The van der Waals surface area contributed by atoms with Gasteiger partial charge in [0.05, 0.1) is 22.7 Å². The zero-order valence-corrected chi connectivity index (χ0v) is 16.2. The molecule has 1 amide bonds. The van der Waals surface area contributed by atoms with Gasteiger partial charge in [0, 0.05) is 11.8 Å². The van der Waals surface area contributed by atoms with Gasteiger partial charge in [0.15, 0.2) is 25.4 Å². The van der Waals surface area contributed by atoms with E-state index in [0.717, 1.165) is 17.2 Å². The van der Waals surface area contributed by atoms with Crippen LogP contribution in [0.4, 0.5) is 5.69 Å². The Bertz CT molecular complexity index is 1130. The molecule has 7 nitrogen and oxygen atoms in total. The highest BCUT2D eigenvalue weighted by molar-refractivity contribution is 7.92. The summed E-state index contributed by atoms with van der Waals surface area (Å²) >= 11 is 6.07.